The largest absolute Gasteiger partial charge is 0.454 e. The molecule has 1 aliphatic heterocycles. The Morgan fingerprint density at radius 1 is 1.24 bits per heavy atom. The maximum absolute atomic E-state index is 11.5. The zero-order valence-corrected chi connectivity index (χ0v) is 12.0. The first kappa shape index (κ1) is 13.5. The molecule has 4 nitrogen and oxygen atoms in total. The van der Waals surface area contributed by atoms with E-state index < -0.39 is 5.91 Å². The summed E-state index contributed by atoms with van der Waals surface area (Å²) in [5.41, 5.74) is 9.10. The van der Waals surface area contributed by atoms with Gasteiger partial charge in [-0.15, -0.1) is 0 Å². The predicted octanol–water partition coefficient (Wildman–Crippen LogP) is 3.24. The van der Waals surface area contributed by atoms with Gasteiger partial charge in [0.15, 0.2) is 5.75 Å². The second kappa shape index (κ2) is 5.48. The van der Waals surface area contributed by atoms with Gasteiger partial charge >= 0.3 is 0 Å². The molecule has 2 aromatic rings. The van der Waals surface area contributed by atoms with E-state index in [2.05, 4.69) is 11.4 Å². The van der Waals surface area contributed by atoms with Crippen molar-refractivity contribution < 1.29 is 9.53 Å². The quantitative estimate of drug-likeness (QED) is 0.908. The monoisotopic (exact) mass is 282 g/mol. The van der Waals surface area contributed by atoms with Crippen LogP contribution in [0.15, 0.2) is 36.4 Å². The number of para-hydroxylation sites is 1. The lowest BCUT2D eigenvalue weighted by Gasteiger charge is -2.21. The number of nitrogens with two attached hydrogens (primary N) is 1. The van der Waals surface area contributed by atoms with E-state index in [0.717, 1.165) is 36.4 Å². The average molecular weight is 282 g/mol. The Balaban J connectivity index is 2.01. The standard InChI is InChI=1S/C17H18N2O2/c1-11-7-8-13(17(18)20)15(10-11)21-14-6-2-4-12-5-3-9-19-16(12)14/h2,4,6-8,10,19H,3,5,9H2,1H3,(H2,18,20). The number of nitrogens with one attached hydrogen (secondary N) is 1. The summed E-state index contributed by atoms with van der Waals surface area (Å²) in [7, 11) is 0. The van der Waals surface area contributed by atoms with Crippen molar-refractivity contribution in [2.24, 2.45) is 5.73 Å². The van der Waals surface area contributed by atoms with Crippen molar-refractivity contribution >= 4 is 11.6 Å². The van der Waals surface area contributed by atoms with E-state index in [1.807, 2.05) is 31.2 Å². The average Bonchev–Trinajstić information content (AvgIpc) is 2.47. The number of ether oxygens (including phenoxy) is 1. The van der Waals surface area contributed by atoms with Crippen molar-refractivity contribution in [3.63, 3.8) is 0 Å². The first-order chi connectivity index (χ1) is 10.1. The van der Waals surface area contributed by atoms with Crippen molar-refractivity contribution in [2.45, 2.75) is 19.8 Å². The molecule has 2 aromatic carbocycles. The molecule has 0 fully saturated rings. The molecule has 0 spiro atoms. The smallest absolute Gasteiger partial charge is 0.252 e. The van der Waals surface area contributed by atoms with Crippen LogP contribution in [0.25, 0.3) is 0 Å². The molecule has 0 bridgehead atoms. The van der Waals surface area contributed by atoms with Crippen molar-refractivity contribution in [1.29, 1.82) is 0 Å². The summed E-state index contributed by atoms with van der Waals surface area (Å²) in [5.74, 6) is 0.756. The van der Waals surface area contributed by atoms with E-state index in [1.54, 1.807) is 6.07 Å². The molecule has 1 amide bonds. The highest BCUT2D eigenvalue weighted by molar-refractivity contribution is 5.95. The molecule has 0 aromatic heterocycles. The van der Waals surface area contributed by atoms with Gasteiger partial charge in [-0.3, -0.25) is 4.79 Å². The van der Waals surface area contributed by atoms with Gasteiger partial charge in [-0.05, 0) is 49.1 Å². The van der Waals surface area contributed by atoms with E-state index in [4.69, 9.17) is 10.5 Å². The number of anilines is 1. The molecule has 108 valence electrons. The van der Waals surface area contributed by atoms with Crippen LogP contribution in [-0.4, -0.2) is 12.5 Å². The molecule has 0 atom stereocenters. The Bertz CT molecular complexity index is 695. The van der Waals surface area contributed by atoms with Crippen LogP contribution in [0.5, 0.6) is 11.5 Å². The maximum Gasteiger partial charge on any atom is 0.252 e. The van der Waals surface area contributed by atoms with Crippen LogP contribution < -0.4 is 15.8 Å². The minimum atomic E-state index is -0.484. The van der Waals surface area contributed by atoms with Crippen LogP contribution in [0.1, 0.15) is 27.9 Å². The summed E-state index contributed by atoms with van der Waals surface area (Å²) in [6.07, 6.45) is 2.16. The molecule has 3 N–H and O–H groups in total. The molecule has 3 rings (SSSR count). The van der Waals surface area contributed by atoms with E-state index >= 15 is 0 Å². The van der Waals surface area contributed by atoms with Gasteiger partial charge in [0.05, 0.1) is 11.3 Å². The number of hydrogen-bond donors (Lipinski definition) is 2. The topological polar surface area (TPSA) is 64.4 Å². The van der Waals surface area contributed by atoms with Crippen LogP contribution >= 0.6 is 0 Å². The van der Waals surface area contributed by atoms with Crippen LogP contribution in [0.4, 0.5) is 5.69 Å². The van der Waals surface area contributed by atoms with E-state index in [1.165, 1.54) is 5.56 Å². The first-order valence-electron chi connectivity index (χ1n) is 7.09. The highest BCUT2D eigenvalue weighted by atomic mass is 16.5. The van der Waals surface area contributed by atoms with Gasteiger partial charge in [0.2, 0.25) is 0 Å². The zero-order valence-electron chi connectivity index (χ0n) is 12.0. The van der Waals surface area contributed by atoms with Gasteiger partial charge in [0, 0.05) is 6.54 Å². The number of carbonyl (C=O) groups excluding carboxylic acids is 1. The number of rotatable bonds is 3. The Morgan fingerprint density at radius 3 is 2.90 bits per heavy atom. The lowest BCUT2D eigenvalue weighted by molar-refractivity contribution is 0.0998. The van der Waals surface area contributed by atoms with Crippen molar-refractivity contribution in [3.05, 3.63) is 53.1 Å². The minimum absolute atomic E-state index is 0.397. The second-order valence-corrected chi connectivity index (χ2v) is 5.29. The molecule has 1 aliphatic rings. The SMILES string of the molecule is Cc1ccc(C(N)=O)c(Oc2cccc3c2NCCC3)c1. The minimum Gasteiger partial charge on any atom is -0.454 e. The Labute approximate surface area is 123 Å². The van der Waals surface area contributed by atoms with Gasteiger partial charge in [-0.25, -0.2) is 0 Å². The lowest BCUT2D eigenvalue weighted by atomic mass is 10.0. The molecule has 21 heavy (non-hydrogen) atoms. The Hall–Kier alpha value is -2.49. The van der Waals surface area contributed by atoms with Gasteiger partial charge in [0.1, 0.15) is 5.75 Å². The number of primary amides is 1. The maximum atomic E-state index is 11.5. The van der Waals surface area contributed by atoms with Crippen LogP contribution in [0.2, 0.25) is 0 Å². The van der Waals surface area contributed by atoms with Crippen LogP contribution in [-0.2, 0) is 6.42 Å². The van der Waals surface area contributed by atoms with Crippen molar-refractivity contribution in [1.82, 2.24) is 0 Å². The van der Waals surface area contributed by atoms with E-state index in [9.17, 15) is 4.79 Å². The number of aryl methyl sites for hydroxylation is 2. The number of hydrogen-bond acceptors (Lipinski definition) is 3. The fourth-order valence-corrected chi connectivity index (χ4v) is 2.60. The molecular weight excluding hydrogens is 264 g/mol. The molecule has 0 saturated heterocycles. The molecule has 0 aliphatic carbocycles. The highest BCUT2D eigenvalue weighted by Gasteiger charge is 2.16. The van der Waals surface area contributed by atoms with Crippen LogP contribution in [0, 0.1) is 6.92 Å². The van der Waals surface area contributed by atoms with Crippen molar-refractivity contribution in [3.8, 4) is 11.5 Å². The summed E-state index contributed by atoms with van der Waals surface area (Å²) in [6.45, 7) is 2.89. The van der Waals surface area contributed by atoms with Gasteiger partial charge in [-0.1, -0.05) is 18.2 Å². The fraction of sp³-hybridized carbons (Fsp3) is 0.235. The summed E-state index contributed by atoms with van der Waals surface area (Å²) in [6, 6.07) is 11.4. The summed E-state index contributed by atoms with van der Waals surface area (Å²) < 4.78 is 5.99. The molecule has 0 saturated carbocycles. The summed E-state index contributed by atoms with van der Waals surface area (Å²) in [4.78, 5) is 11.5. The Kier molecular flexibility index (Phi) is 3.52. The molecule has 4 heteroatoms. The second-order valence-electron chi connectivity index (χ2n) is 5.29. The fourth-order valence-electron chi connectivity index (χ4n) is 2.60. The third-order valence-corrected chi connectivity index (χ3v) is 3.66. The molecule has 1 heterocycles. The number of fused-ring (bicyclic) bond motifs is 1. The molecular formula is C17H18N2O2. The van der Waals surface area contributed by atoms with Gasteiger partial charge < -0.3 is 15.8 Å². The van der Waals surface area contributed by atoms with Crippen LogP contribution in [0.3, 0.4) is 0 Å². The van der Waals surface area contributed by atoms with E-state index in [-0.39, 0.29) is 0 Å². The first-order valence-corrected chi connectivity index (χ1v) is 7.09. The van der Waals surface area contributed by atoms with Crippen molar-refractivity contribution in [2.75, 3.05) is 11.9 Å². The van der Waals surface area contributed by atoms with Gasteiger partial charge in [-0.2, -0.15) is 0 Å². The number of carbonyl (C=O) groups is 1. The van der Waals surface area contributed by atoms with Gasteiger partial charge in [0.25, 0.3) is 5.91 Å². The molecule has 0 radical (unpaired) electrons. The lowest BCUT2D eigenvalue weighted by Crippen LogP contribution is -2.14. The third-order valence-electron chi connectivity index (χ3n) is 3.66. The number of amides is 1. The normalized spacial score (nSPS) is 13.2. The predicted molar refractivity (Wildman–Crippen MR) is 83.0 cm³/mol. The zero-order chi connectivity index (χ0) is 14.8. The molecule has 0 unspecified atom stereocenters. The summed E-state index contributed by atoms with van der Waals surface area (Å²) in [5, 5.41) is 3.37. The number of benzene rings is 2. The Morgan fingerprint density at radius 2 is 2.10 bits per heavy atom. The van der Waals surface area contributed by atoms with E-state index in [0.29, 0.717) is 11.3 Å². The third kappa shape index (κ3) is 2.70. The summed E-state index contributed by atoms with van der Waals surface area (Å²) >= 11 is 0. The highest BCUT2D eigenvalue weighted by Crippen LogP contribution is 2.36.